The van der Waals surface area contributed by atoms with Crippen molar-refractivity contribution in [2.75, 3.05) is 13.1 Å². The standard InChI is InChI=1S/C18H20FNO2S/c1-14-7-9-16(10-8-14)17-12-20(13-18(17)23(19,21)22)11-15-5-3-2-4-6-15/h2-10,17-18H,11-13H2,1H3/t17-,18+/m0/s1. The van der Waals surface area contributed by atoms with Crippen LogP contribution in [0.2, 0.25) is 0 Å². The van der Waals surface area contributed by atoms with E-state index in [9.17, 15) is 12.3 Å². The fraction of sp³-hybridized carbons (Fsp3) is 0.333. The molecule has 0 bridgehead atoms. The number of likely N-dealkylation sites (tertiary alicyclic amines) is 1. The summed E-state index contributed by atoms with van der Waals surface area (Å²) < 4.78 is 36.9. The van der Waals surface area contributed by atoms with Gasteiger partial charge in [-0.25, -0.2) is 0 Å². The van der Waals surface area contributed by atoms with Crippen molar-refractivity contribution >= 4 is 10.2 Å². The molecule has 5 heteroatoms. The van der Waals surface area contributed by atoms with E-state index in [0.29, 0.717) is 13.1 Å². The maximum atomic E-state index is 13.8. The summed E-state index contributed by atoms with van der Waals surface area (Å²) in [5.74, 6) is -0.325. The van der Waals surface area contributed by atoms with E-state index in [2.05, 4.69) is 0 Å². The summed E-state index contributed by atoms with van der Waals surface area (Å²) in [7, 11) is -4.58. The fourth-order valence-corrected chi connectivity index (χ4v) is 4.27. The van der Waals surface area contributed by atoms with Gasteiger partial charge in [0.25, 0.3) is 0 Å². The molecule has 2 aromatic carbocycles. The number of benzene rings is 2. The molecule has 0 radical (unpaired) electrons. The van der Waals surface area contributed by atoms with Crippen LogP contribution in [0.3, 0.4) is 0 Å². The quantitative estimate of drug-likeness (QED) is 0.806. The Morgan fingerprint density at radius 3 is 2.30 bits per heavy atom. The summed E-state index contributed by atoms with van der Waals surface area (Å²) in [6.07, 6.45) is 0. The van der Waals surface area contributed by atoms with Crippen molar-refractivity contribution in [2.45, 2.75) is 24.6 Å². The summed E-state index contributed by atoms with van der Waals surface area (Å²) in [6, 6.07) is 17.5. The van der Waals surface area contributed by atoms with Gasteiger partial charge in [-0.05, 0) is 18.1 Å². The lowest BCUT2D eigenvalue weighted by Crippen LogP contribution is -2.26. The molecule has 0 aliphatic carbocycles. The molecule has 23 heavy (non-hydrogen) atoms. The van der Waals surface area contributed by atoms with Crippen molar-refractivity contribution < 1.29 is 12.3 Å². The molecular formula is C18H20FNO2S. The molecule has 2 aromatic rings. The molecule has 3 nitrogen and oxygen atoms in total. The van der Waals surface area contributed by atoms with Gasteiger partial charge < -0.3 is 0 Å². The SMILES string of the molecule is Cc1ccc([C@@H]2CN(Cc3ccccc3)C[C@H]2S(=O)(=O)F)cc1. The maximum absolute atomic E-state index is 13.8. The van der Waals surface area contributed by atoms with Gasteiger partial charge in [-0.3, -0.25) is 4.90 Å². The number of hydrogen-bond donors (Lipinski definition) is 0. The number of hydrogen-bond acceptors (Lipinski definition) is 3. The van der Waals surface area contributed by atoms with Gasteiger partial charge in [0.1, 0.15) is 5.25 Å². The summed E-state index contributed by atoms with van der Waals surface area (Å²) in [4.78, 5) is 2.02. The zero-order valence-electron chi connectivity index (χ0n) is 13.0. The van der Waals surface area contributed by atoms with Crippen molar-refractivity contribution in [1.29, 1.82) is 0 Å². The minimum absolute atomic E-state index is 0.228. The van der Waals surface area contributed by atoms with Crippen molar-refractivity contribution in [3.05, 3.63) is 71.3 Å². The molecule has 0 spiro atoms. The molecule has 1 aliphatic heterocycles. The third-order valence-electron chi connectivity index (χ3n) is 4.46. The molecule has 122 valence electrons. The molecule has 2 atom stereocenters. The van der Waals surface area contributed by atoms with Gasteiger partial charge in [0.05, 0.1) is 0 Å². The fourth-order valence-electron chi connectivity index (χ4n) is 3.24. The normalized spacial score (nSPS) is 22.3. The Hall–Kier alpha value is -1.72. The van der Waals surface area contributed by atoms with Crippen molar-refractivity contribution in [1.82, 2.24) is 4.90 Å². The van der Waals surface area contributed by atoms with Crippen LogP contribution in [0, 0.1) is 6.92 Å². The number of rotatable bonds is 4. The molecule has 0 N–H and O–H groups in total. The smallest absolute Gasteiger partial charge is 0.297 e. The Kier molecular flexibility index (Phi) is 4.50. The highest BCUT2D eigenvalue weighted by atomic mass is 32.3. The average Bonchev–Trinajstić information content (AvgIpc) is 2.93. The van der Waals surface area contributed by atoms with E-state index in [-0.39, 0.29) is 12.5 Å². The zero-order valence-corrected chi connectivity index (χ0v) is 13.8. The summed E-state index contributed by atoms with van der Waals surface area (Å²) in [6.45, 7) is 3.39. The van der Waals surface area contributed by atoms with E-state index in [1.54, 1.807) is 0 Å². The molecule has 1 saturated heterocycles. The van der Waals surface area contributed by atoms with E-state index >= 15 is 0 Å². The van der Waals surface area contributed by atoms with Crippen molar-refractivity contribution in [3.8, 4) is 0 Å². The summed E-state index contributed by atoms with van der Waals surface area (Å²) in [5.41, 5.74) is 3.09. The first-order valence-electron chi connectivity index (χ1n) is 7.70. The average molecular weight is 333 g/mol. The highest BCUT2D eigenvalue weighted by Crippen LogP contribution is 2.33. The monoisotopic (exact) mass is 333 g/mol. The third kappa shape index (κ3) is 3.79. The predicted octanol–water partition coefficient (Wildman–Crippen LogP) is 3.26. The first kappa shape index (κ1) is 16.1. The van der Waals surface area contributed by atoms with Crippen LogP contribution in [-0.4, -0.2) is 31.7 Å². The molecule has 0 aromatic heterocycles. The van der Waals surface area contributed by atoms with Crippen molar-refractivity contribution in [2.24, 2.45) is 0 Å². The first-order valence-corrected chi connectivity index (χ1v) is 9.14. The Balaban J connectivity index is 1.84. The van der Waals surface area contributed by atoms with E-state index in [1.165, 1.54) is 0 Å². The van der Waals surface area contributed by atoms with Gasteiger partial charge in [-0.15, -0.1) is 3.89 Å². The Bertz CT molecular complexity index is 759. The Labute approximate surface area is 137 Å². The Morgan fingerprint density at radius 2 is 1.70 bits per heavy atom. The van der Waals surface area contributed by atoms with E-state index in [4.69, 9.17) is 0 Å². The van der Waals surface area contributed by atoms with Gasteiger partial charge in [0, 0.05) is 25.6 Å². The lowest BCUT2D eigenvalue weighted by atomic mass is 9.97. The number of halogens is 1. The van der Waals surface area contributed by atoms with Gasteiger partial charge in [0.2, 0.25) is 0 Å². The van der Waals surface area contributed by atoms with Crippen LogP contribution in [-0.2, 0) is 16.8 Å². The summed E-state index contributed by atoms with van der Waals surface area (Å²) >= 11 is 0. The third-order valence-corrected chi connectivity index (χ3v) is 5.66. The molecule has 0 saturated carbocycles. The molecule has 1 heterocycles. The second-order valence-corrected chi connectivity index (χ2v) is 7.77. The van der Waals surface area contributed by atoms with Gasteiger partial charge >= 0.3 is 10.2 Å². The minimum Gasteiger partial charge on any atom is -0.297 e. The maximum Gasteiger partial charge on any atom is 0.307 e. The lowest BCUT2D eigenvalue weighted by Gasteiger charge is -2.16. The minimum atomic E-state index is -4.58. The largest absolute Gasteiger partial charge is 0.307 e. The van der Waals surface area contributed by atoms with E-state index < -0.39 is 15.5 Å². The molecule has 0 amide bonds. The van der Waals surface area contributed by atoms with Crippen LogP contribution < -0.4 is 0 Å². The number of aryl methyl sites for hydroxylation is 1. The zero-order chi connectivity index (χ0) is 16.4. The lowest BCUT2D eigenvalue weighted by molar-refractivity contribution is 0.326. The highest BCUT2D eigenvalue weighted by molar-refractivity contribution is 7.87. The highest BCUT2D eigenvalue weighted by Gasteiger charge is 2.42. The van der Waals surface area contributed by atoms with Crippen molar-refractivity contribution in [3.63, 3.8) is 0 Å². The molecule has 0 unspecified atom stereocenters. The molecular weight excluding hydrogens is 313 g/mol. The second kappa shape index (κ2) is 6.42. The van der Waals surface area contributed by atoms with Crippen LogP contribution in [0.15, 0.2) is 54.6 Å². The molecule has 3 rings (SSSR count). The molecule has 1 aliphatic rings. The number of nitrogens with zero attached hydrogens (tertiary/aromatic N) is 1. The predicted molar refractivity (Wildman–Crippen MR) is 89.5 cm³/mol. The molecule has 1 fully saturated rings. The first-order chi connectivity index (χ1) is 10.9. The van der Waals surface area contributed by atoms with Gasteiger partial charge in [-0.1, -0.05) is 60.2 Å². The topological polar surface area (TPSA) is 37.4 Å². The van der Waals surface area contributed by atoms with E-state index in [0.717, 1.165) is 16.7 Å². The van der Waals surface area contributed by atoms with Gasteiger partial charge in [0.15, 0.2) is 0 Å². The van der Waals surface area contributed by atoms with E-state index in [1.807, 2.05) is 66.4 Å². The van der Waals surface area contributed by atoms with Crippen LogP contribution in [0.5, 0.6) is 0 Å². The van der Waals surface area contributed by atoms with Crippen LogP contribution in [0.25, 0.3) is 0 Å². The van der Waals surface area contributed by atoms with Crippen LogP contribution in [0.1, 0.15) is 22.6 Å². The van der Waals surface area contributed by atoms with Crippen LogP contribution in [0.4, 0.5) is 3.89 Å². The van der Waals surface area contributed by atoms with Gasteiger partial charge in [-0.2, -0.15) is 8.42 Å². The summed E-state index contributed by atoms with van der Waals surface area (Å²) in [5, 5.41) is -0.992. The second-order valence-electron chi connectivity index (χ2n) is 6.21. The van der Waals surface area contributed by atoms with Crippen LogP contribution >= 0.6 is 0 Å². The Morgan fingerprint density at radius 1 is 1.04 bits per heavy atom.